The van der Waals surface area contributed by atoms with Crippen LogP contribution < -0.4 is 4.40 Å². The Labute approximate surface area is 351 Å². The van der Waals surface area contributed by atoms with Gasteiger partial charge in [0.2, 0.25) is 0 Å². The van der Waals surface area contributed by atoms with Gasteiger partial charge in [0.1, 0.15) is 0 Å². The van der Waals surface area contributed by atoms with Crippen LogP contribution in [0.5, 0.6) is 0 Å². The topological polar surface area (TPSA) is 30.7 Å². The van der Waals surface area contributed by atoms with Crippen molar-refractivity contribution >= 4 is 60.2 Å². The molecule has 5 aromatic carbocycles. The van der Waals surface area contributed by atoms with E-state index in [9.17, 15) is 0 Å². The number of fused-ring (bicyclic) bond motifs is 4. The summed E-state index contributed by atoms with van der Waals surface area (Å²) in [6.07, 6.45) is 0.154. The molecule has 8 aromatic rings. The Hall–Kier alpha value is -3.87. The van der Waals surface area contributed by atoms with E-state index in [4.69, 9.17) is 14.6 Å². The average Bonchev–Trinajstić information content (AvgIpc) is 3.75. The fourth-order valence-corrected chi connectivity index (χ4v) is 10.6. The van der Waals surface area contributed by atoms with Crippen LogP contribution in [0.3, 0.4) is 0 Å². The molecule has 0 saturated heterocycles. The molecular weight excluding hydrogens is 915 g/mol. The predicted molar refractivity (Wildman–Crippen MR) is 232 cm³/mol. The molecule has 1 radical (unpaired) electrons. The number of hydrogen-bond acceptors (Lipinski definition) is 3. The smallest absolute Gasteiger partial charge is 0 e. The van der Waals surface area contributed by atoms with Gasteiger partial charge in [-0.1, -0.05) is 68.6 Å². The minimum atomic E-state index is -2.55. The molecule has 0 aliphatic carbocycles. The van der Waals surface area contributed by atoms with Gasteiger partial charge in [0.25, 0.3) is 0 Å². The van der Waals surface area contributed by atoms with Crippen molar-refractivity contribution in [1.82, 2.24) is 14.5 Å². The van der Waals surface area contributed by atoms with Crippen molar-refractivity contribution in [2.75, 3.05) is 0 Å². The van der Waals surface area contributed by atoms with Crippen LogP contribution >= 0.6 is 11.3 Å². The van der Waals surface area contributed by atoms with Crippen molar-refractivity contribution in [2.24, 2.45) is 5.92 Å². The number of hydrogen-bond donors (Lipinski definition) is 0. The Morgan fingerprint density at radius 3 is 2.33 bits per heavy atom. The summed E-state index contributed by atoms with van der Waals surface area (Å²) in [6.45, 7) is 7.85. The Balaban J connectivity index is 0.000000203. The van der Waals surface area contributed by atoms with Gasteiger partial charge in [0, 0.05) is 30.5 Å². The summed E-state index contributed by atoms with van der Waals surface area (Å²) in [7, 11) is 0. The zero-order valence-corrected chi connectivity index (χ0v) is 37.3. The number of benzene rings is 5. The van der Waals surface area contributed by atoms with Gasteiger partial charge < -0.3 is 4.57 Å². The number of rotatable bonds is 6. The van der Waals surface area contributed by atoms with Gasteiger partial charge in [-0.15, -0.1) is 23.8 Å². The van der Waals surface area contributed by atoms with E-state index in [0.29, 0.717) is 16.8 Å². The summed E-state index contributed by atoms with van der Waals surface area (Å²) in [6, 6.07) is 38.8. The molecule has 0 saturated carbocycles. The van der Waals surface area contributed by atoms with Gasteiger partial charge in [-0.25, -0.2) is 0 Å². The summed E-state index contributed by atoms with van der Waals surface area (Å²) < 4.78 is 61.6. The van der Waals surface area contributed by atoms with Gasteiger partial charge in [0.05, 0.1) is 16.9 Å². The van der Waals surface area contributed by atoms with Gasteiger partial charge in [-0.05, 0) is 51.4 Å². The van der Waals surface area contributed by atoms with E-state index in [1.54, 1.807) is 12.3 Å². The molecule has 0 aliphatic rings. The number of thiophene rings is 1. The molecule has 0 aliphatic heterocycles. The quantitative estimate of drug-likeness (QED) is 0.123. The normalized spacial score (nSPS) is 14.3. The third-order valence-corrected chi connectivity index (χ3v) is 14.6. The van der Waals surface area contributed by atoms with Gasteiger partial charge in [-0.2, -0.15) is 11.3 Å². The molecule has 3 nitrogen and oxygen atoms in total. The Morgan fingerprint density at radius 1 is 0.889 bits per heavy atom. The summed E-state index contributed by atoms with van der Waals surface area (Å²) in [5.41, 5.74) is 6.66. The van der Waals surface area contributed by atoms with Crippen LogP contribution in [0.15, 0.2) is 115 Å². The first-order valence-electron chi connectivity index (χ1n) is 21.5. The SMILES string of the molecule is CC(C)(C)c1ccc(-n2c(-c3[c-]cc4c(c3)sc3ccccc34)nc3ccccc32)cc1.[2H]c1[c-]c(-c2cc(C([2H])([2H])C(C)C)[c]([Ge]([CH3])([CH3])[CH3])cn2)cc([2H])c1C([2H])([2H])[2H].[Ir]. The second-order valence-electron chi connectivity index (χ2n) is 15.8. The summed E-state index contributed by atoms with van der Waals surface area (Å²) in [5.74, 6) is 7.22. The number of aromatic nitrogens is 3. The molecule has 8 rings (SSSR count). The van der Waals surface area contributed by atoms with Crippen molar-refractivity contribution in [1.29, 1.82) is 0 Å². The van der Waals surface area contributed by atoms with Crippen LogP contribution in [0.2, 0.25) is 17.3 Å². The van der Waals surface area contributed by atoms with Crippen molar-refractivity contribution in [3.05, 3.63) is 144 Å². The number of nitrogens with zero attached hydrogens (tertiary/aromatic N) is 3. The fraction of sp³-hybridized carbons (Fsp3) is 0.250. The van der Waals surface area contributed by atoms with Crippen LogP contribution in [-0.2, 0) is 31.9 Å². The van der Waals surface area contributed by atoms with E-state index >= 15 is 0 Å². The first-order chi connectivity index (χ1) is 28.1. The maximum Gasteiger partial charge on any atom is 0 e. The Bertz CT molecular complexity index is 2850. The molecule has 0 fully saturated rings. The molecule has 0 spiro atoms. The van der Waals surface area contributed by atoms with E-state index in [-0.39, 0.29) is 49.1 Å². The molecule has 54 heavy (non-hydrogen) atoms. The minimum Gasteiger partial charge on any atom is 0 e. The zero-order chi connectivity index (χ0) is 43.5. The molecule has 0 atom stereocenters. The van der Waals surface area contributed by atoms with E-state index < -0.39 is 26.5 Å². The van der Waals surface area contributed by atoms with Gasteiger partial charge >= 0.3 is 141 Å². The monoisotopic (exact) mass is 973 g/mol. The molecule has 6 heteroatoms. The fourth-order valence-electron chi connectivity index (χ4n) is 6.49. The second-order valence-corrected chi connectivity index (χ2v) is 27.4. The third kappa shape index (κ3) is 8.50. The van der Waals surface area contributed by atoms with Crippen molar-refractivity contribution in [3.63, 3.8) is 0 Å². The van der Waals surface area contributed by atoms with E-state index in [1.807, 2.05) is 31.3 Å². The van der Waals surface area contributed by atoms with Crippen LogP contribution in [0.4, 0.5) is 0 Å². The summed E-state index contributed by atoms with van der Waals surface area (Å²) in [5, 5.41) is 2.55. The molecule has 0 bridgehead atoms. The molecule has 277 valence electrons. The van der Waals surface area contributed by atoms with Crippen LogP contribution in [0.1, 0.15) is 60.9 Å². The Morgan fingerprint density at radius 2 is 1.63 bits per heavy atom. The van der Waals surface area contributed by atoms with Crippen molar-refractivity contribution < 1.29 is 29.7 Å². The first kappa shape index (κ1) is 31.3. The van der Waals surface area contributed by atoms with Crippen LogP contribution in [0, 0.1) is 24.9 Å². The van der Waals surface area contributed by atoms with E-state index in [1.165, 1.54) is 31.8 Å². The summed E-state index contributed by atoms with van der Waals surface area (Å²) >= 11 is -0.591. The number of pyridine rings is 1. The van der Waals surface area contributed by atoms with E-state index in [0.717, 1.165) is 32.5 Å². The molecule has 0 N–H and O–H groups in total. The van der Waals surface area contributed by atoms with Crippen molar-refractivity contribution in [3.8, 4) is 28.3 Å². The van der Waals surface area contributed by atoms with Crippen molar-refractivity contribution in [2.45, 2.75) is 70.5 Å². The number of para-hydroxylation sites is 2. The zero-order valence-electron chi connectivity index (χ0n) is 39.0. The molecule has 0 unspecified atom stereocenters. The number of imidazole rings is 1. The molecule has 0 amide bonds. The van der Waals surface area contributed by atoms with Gasteiger partial charge in [0.15, 0.2) is 0 Å². The van der Waals surface area contributed by atoms with Gasteiger partial charge in [-0.3, -0.25) is 4.98 Å². The standard InChI is InChI=1S/C29H23N2S.C19H26GeN.Ir/c1-29(2,3)20-13-15-21(16-14-20)31-25-10-6-5-9-24(25)30-28(31)19-12-17-23-22-8-4-7-11-26(22)32-27(23)18-19;1-14(2)11-17-12-19(16-9-7-15(3)8-10-16)21-13-18(17)20(4,5)6;/h4-11,13-18H,1-3H3;7-9,12-14H,11H2,1-6H3;/q2*-1;/i;3D3,7D,8D,11D2;. The van der Waals surface area contributed by atoms with Crippen LogP contribution in [-0.4, -0.2) is 27.8 Å². The molecule has 3 heterocycles. The second kappa shape index (κ2) is 16.1. The maximum absolute atomic E-state index is 8.61. The van der Waals surface area contributed by atoms with Crippen LogP contribution in [0.25, 0.3) is 59.5 Å². The minimum absolute atomic E-state index is 0. The average molecular weight is 972 g/mol. The summed E-state index contributed by atoms with van der Waals surface area (Å²) in [4.78, 5) is 9.49. The first-order valence-corrected chi connectivity index (χ1v) is 26.2. The predicted octanol–water partition coefficient (Wildman–Crippen LogP) is 12.8. The molecular formula is C48H49GeIrN3S-2. The maximum atomic E-state index is 8.61. The Kier molecular flexibility index (Phi) is 9.34. The largest absolute Gasteiger partial charge is 0 e. The van der Waals surface area contributed by atoms with E-state index in [2.05, 4.69) is 139 Å². The third-order valence-electron chi connectivity index (χ3n) is 9.22. The molecule has 3 aromatic heterocycles.